The molecule has 0 aromatic heterocycles. The van der Waals surface area contributed by atoms with Crippen molar-refractivity contribution >= 4 is 17.6 Å². The first kappa shape index (κ1) is 31.4. The van der Waals surface area contributed by atoms with Gasteiger partial charge < -0.3 is 21.3 Å². The lowest BCUT2D eigenvalue weighted by molar-refractivity contribution is -0.150. The summed E-state index contributed by atoms with van der Waals surface area (Å²) in [6.07, 6.45) is 17.5. The van der Waals surface area contributed by atoms with Crippen molar-refractivity contribution in [1.82, 2.24) is 9.80 Å². The Morgan fingerprint density at radius 2 is 1.77 bits per heavy atom. The van der Waals surface area contributed by atoms with E-state index in [2.05, 4.69) is 13.2 Å². The standard InChI is InChI=1S/C23H29N3O3.C3H7N.C2H6/c1-5-6-10-17(2)19(15-24)20(27)21(28)26-14-13-25(16-18(26)3)22(29)23(4)11-8-7-9-12-23;1-2-3-4;1-2/h5-11,15,18H,1-2,12-14,16,24H2,3-4H3;2-3H,4H2,1H3;1-2H3/b10-6-,19-15+;3-2+;/t18-,23?;;/m1../s1. The first-order chi connectivity index (χ1) is 16.7. The normalized spacial score (nSPS) is 21.6. The second-order valence-electron chi connectivity index (χ2n) is 8.06. The maximum absolute atomic E-state index is 13.0. The van der Waals surface area contributed by atoms with Crippen LogP contribution in [0, 0.1) is 5.41 Å². The molecule has 7 nitrogen and oxygen atoms in total. The Morgan fingerprint density at radius 1 is 1.14 bits per heavy atom. The van der Waals surface area contributed by atoms with E-state index in [0.717, 1.165) is 6.20 Å². The molecule has 1 saturated heterocycles. The predicted octanol–water partition coefficient (Wildman–Crippen LogP) is 3.78. The first-order valence-electron chi connectivity index (χ1n) is 11.9. The number of piperazine rings is 1. The third kappa shape index (κ3) is 8.92. The average molecular weight is 483 g/mol. The zero-order valence-electron chi connectivity index (χ0n) is 21.9. The Labute approximate surface area is 210 Å². The smallest absolute Gasteiger partial charge is 0.295 e. The number of carbonyl (C=O) groups is 3. The minimum Gasteiger partial charge on any atom is -0.405 e. The van der Waals surface area contributed by atoms with Crippen molar-refractivity contribution < 1.29 is 14.4 Å². The molecule has 2 rings (SSSR count). The Bertz CT molecular complexity index is 907. The lowest BCUT2D eigenvalue weighted by Gasteiger charge is -2.42. The van der Waals surface area contributed by atoms with Crippen molar-refractivity contribution in [3.8, 4) is 0 Å². The lowest BCUT2D eigenvalue weighted by atomic mass is 9.82. The number of ketones is 1. The fraction of sp³-hybridized carbons (Fsp3) is 0.393. The summed E-state index contributed by atoms with van der Waals surface area (Å²) in [7, 11) is 0. The van der Waals surface area contributed by atoms with Crippen LogP contribution in [0.3, 0.4) is 0 Å². The number of Topliss-reactive ketones (excluding diaryl/α,β-unsaturated/α-hetero) is 1. The molecule has 0 spiro atoms. The van der Waals surface area contributed by atoms with Crippen LogP contribution < -0.4 is 11.5 Å². The molecule has 192 valence electrons. The Hall–Kier alpha value is -3.61. The van der Waals surface area contributed by atoms with Crippen molar-refractivity contribution in [2.45, 2.75) is 47.1 Å². The molecular formula is C28H42N4O3. The fourth-order valence-corrected chi connectivity index (χ4v) is 3.54. The molecule has 2 aliphatic rings. The largest absolute Gasteiger partial charge is 0.405 e. The van der Waals surface area contributed by atoms with Crippen molar-refractivity contribution in [1.29, 1.82) is 0 Å². The maximum Gasteiger partial charge on any atom is 0.295 e. The van der Waals surface area contributed by atoms with Gasteiger partial charge in [0, 0.05) is 37.4 Å². The number of carbonyl (C=O) groups excluding carboxylic acids is 3. The zero-order valence-corrected chi connectivity index (χ0v) is 21.9. The van der Waals surface area contributed by atoms with Crippen LogP contribution in [0.25, 0.3) is 0 Å². The van der Waals surface area contributed by atoms with E-state index in [-0.39, 0.29) is 17.5 Å². The molecule has 4 N–H and O–H groups in total. The molecule has 35 heavy (non-hydrogen) atoms. The molecule has 0 aromatic rings. The van der Waals surface area contributed by atoms with Gasteiger partial charge in [-0.3, -0.25) is 14.4 Å². The highest BCUT2D eigenvalue weighted by Crippen LogP contribution is 2.30. The summed E-state index contributed by atoms with van der Waals surface area (Å²) in [6, 6.07) is -0.285. The van der Waals surface area contributed by atoms with E-state index in [4.69, 9.17) is 11.5 Å². The molecule has 0 radical (unpaired) electrons. The molecule has 0 aromatic carbocycles. The summed E-state index contributed by atoms with van der Waals surface area (Å²) in [6.45, 7) is 18.0. The van der Waals surface area contributed by atoms with Gasteiger partial charge in [0.2, 0.25) is 5.91 Å². The quantitative estimate of drug-likeness (QED) is 0.340. The number of hydrogen-bond acceptors (Lipinski definition) is 5. The molecule has 2 amide bonds. The van der Waals surface area contributed by atoms with Gasteiger partial charge in [0.1, 0.15) is 0 Å². The lowest BCUT2D eigenvalue weighted by Crippen LogP contribution is -2.58. The average Bonchev–Trinajstić information content (AvgIpc) is 2.88. The molecule has 0 bridgehead atoms. The first-order valence-corrected chi connectivity index (χ1v) is 11.9. The van der Waals surface area contributed by atoms with E-state index >= 15 is 0 Å². The summed E-state index contributed by atoms with van der Waals surface area (Å²) in [5.74, 6) is -1.31. The zero-order chi connectivity index (χ0) is 27.0. The van der Waals surface area contributed by atoms with Gasteiger partial charge in [0.05, 0.1) is 5.41 Å². The Balaban J connectivity index is 0.00000174. The highest BCUT2D eigenvalue weighted by molar-refractivity contribution is 6.43. The molecule has 1 fully saturated rings. The highest BCUT2D eigenvalue weighted by Gasteiger charge is 2.39. The van der Waals surface area contributed by atoms with Gasteiger partial charge >= 0.3 is 0 Å². The van der Waals surface area contributed by atoms with E-state index in [9.17, 15) is 14.4 Å². The summed E-state index contributed by atoms with van der Waals surface area (Å²) >= 11 is 0. The van der Waals surface area contributed by atoms with Crippen LogP contribution in [0.15, 0.2) is 85.3 Å². The Kier molecular flexibility index (Phi) is 14.4. The molecule has 1 heterocycles. The van der Waals surface area contributed by atoms with E-state index in [1.165, 1.54) is 11.1 Å². The van der Waals surface area contributed by atoms with Crippen molar-refractivity contribution in [2.24, 2.45) is 16.9 Å². The van der Waals surface area contributed by atoms with Crippen LogP contribution in [0.5, 0.6) is 0 Å². The third-order valence-corrected chi connectivity index (χ3v) is 5.49. The molecule has 1 aliphatic carbocycles. The van der Waals surface area contributed by atoms with Crippen molar-refractivity contribution in [2.75, 3.05) is 19.6 Å². The molecule has 1 unspecified atom stereocenters. The number of nitrogens with two attached hydrogens (primary N) is 2. The van der Waals surface area contributed by atoms with Crippen LogP contribution in [0.1, 0.15) is 41.0 Å². The van der Waals surface area contributed by atoms with E-state index < -0.39 is 17.1 Å². The molecule has 0 saturated carbocycles. The van der Waals surface area contributed by atoms with Crippen LogP contribution in [0.4, 0.5) is 0 Å². The van der Waals surface area contributed by atoms with E-state index in [0.29, 0.717) is 31.6 Å². The predicted molar refractivity (Wildman–Crippen MR) is 145 cm³/mol. The second kappa shape index (κ2) is 16.1. The fourth-order valence-electron chi connectivity index (χ4n) is 3.54. The van der Waals surface area contributed by atoms with E-state index in [1.807, 2.05) is 58.9 Å². The van der Waals surface area contributed by atoms with E-state index in [1.54, 1.807) is 29.2 Å². The monoisotopic (exact) mass is 482 g/mol. The third-order valence-electron chi connectivity index (χ3n) is 5.49. The molecule has 7 heteroatoms. The van der Waals surface area contributed by atoms with Gasteiger partial charge in [-0.15, -0.1) is 0 Å². The maximum atomic E-state index is 13.0. The summed E-state index contributed by atoms with van der Waals surface area (Å²) < 4.78 is 0. The number of hydrogen-bond donors (Lipinski definition) is 2. The summed E-state index contributed by atoms with van der Waals surface area (Å²) in [5.41, 5.74) is 10.3. The minimum atomic E-state index is -0.704. The van der Waals surface area contributed by atoms with Crippen LogP contribution in [-0.4, -0.2) is 53.1 Å². The topological polar surface area (TPSA) is 110 Å². The summed E-state index contributed by atoms with van der Waals surface area (Å²) in [5, 5.41) is 0. The number of allylic oxidation sites excluding steroid dienone is 8. The number of rotatable bonds is 6. The van der Waals surface area contributed by atoms with Gasteiger partial charge in [-0.25, -0.2) is 0 Å². The molecule has 1 aliphatic heterocycles. The summed E-state index contributed by atoms with van der Waals surface area (Å²) in [4.78, 5) is 41.7. The second-order valence-corrected chi connectivity index (χ2v) is 8.06. The van der Waals surface area contributed by atoms with Gasteiger partial charge in [0.25, 0.3) is 11.7 Å². The van der Waals surface area contributed by atoms with Crippen LogP contribution in [-0.2, 0) is 14.4 Å². The molecule has 2 atom stereocenters. The van der Waals surface area contributed by atoms with Crippen molar-refractivity contribution in [3.63, 3.8) is 0 Å². The van der Waals surface area contributed by atoms with Gasteiger partial charge in [-0.1, -0.05) is 75.6 Å². The number of amides is 2. The van der Waals surface area contributed by atoms with Crippen molar-refractivity contribution in [3.05, 3.63) is 85.3 Å². The minimum absolute atomic E-state index is 0.0360. The van der Waals surface area contributed by atoms with Gasteiger partial charge in [0.15, 0.2) is 0 Å². The van der Waals surface area contributed by atoms with Gasteiger partial charge in [-0.2, -0.15) is 0 Å². The molecular weight excluding hydrogens is 440 g/mol. The SMILES string of the molecule is C/C=C/N.C=C/C=C\C(=C)/C(=C\N)C(=O)C(=O)N1CCN(C(=O)C2(C)C=CC=CC2)C[C@H]1C.CC. The highest BCUT2D eigenvalue weighted by atomic mass is 16.2. The van der Waals surface area contributed by atoms with Crippen LogP contribution in [0.2, 0.25) is 0 Å². The number of nitrogens with zero attached hydrogens (tertiary/aromatic N) is 2. The van der Waals surface area contributed by atoms with Crippen LogP contribution >= 0.6 is 0 Å². The van der Waals surface area contributed by atoms with Gasteiger partial charge in [-0.05, 0) is 39.0 Å². The Morgan fingerprint density at radius 3 is 2.23 bits per heavy atom.